The minimum Gasteiger partial charge on any atom is -0.373 e. The van der Waals surface area contributed by atoms with Gasteiger partial charge in [-0.3, -0.25) is 9.48 Å². The van der Waals surface area contributed by atoms with Crippen LogP contribution in [0.1, 0.15) is 46.4 Å². The van der Waals surface area contributed by atoms with Crippen LogP contribution in [0.5, 0.6) is 0 Å². The van der Waals surface area contributed by atoms with Gasteiger partial charge in [0.2, 0.25) is 0 Å². The summed E-state index contributed by atoms with van der Waals surface area (Å²) in [6, 6.07) is 0. The van der Waals surface area contributed by atoms with Crippen LogP contribution >= 0.6 is 0 Å². The molecule has 2 aromatic rings. The SMILES string of the molecule is Cc1ncc(C(=O)NC[C@@H]2CCCO[C@H]2c2cnn(C)c2)c(C)n1. The van der Waals surface area contributed by atoms with Gasteiger partial charge in [0.05, 0.1) is 23.6 Å². The molecule has 0 aromatic carbocycles. The van der Waals surface area contributed by atoms with E-state index in [0.717, 1.165) is 25.0 Å². The van der Waals surface area contributed by atoms with Gasteiger partial charge in [0.25, 0.3) is 5.91 Å². The maximum Gasteiger partial charge on any atom is 0.254 e. The molecule has 3 rings (SSSR count). The summed E-state index contributed by atoms with van der Waals surface area (Å²) in [5.41, 5.74) is 2.28. The van der Waals surface area contributed by atoms with E-state index in [-0.39, 0.29) is 17.9 Å². The zero-order chi connectivity index (χ0) is 17.1. The minimum atomic E-state index is -0.136. The van der Waals surface area contributed by atoms with Crippen LogP contribution in [-0.4, -0.2) is 38.8 Å². The van der Waals surface area contributed by atoms with Crippen molar-refractivity contribution in [3.05, 3.63) is 41.2 Å². The van der Waals surface area contributed by atoms with Crippen molar-refractivity contribution >= 4 is 5.91 Å². The van der Waals surface area contributed by atoms with Crippen molar-refractivity contribution < 1.29 is 9.53 Å². The van der Waals surface area contributed by atoms with Gasteiger partial charge < -0.3 is 10.1 Å². The Morgan fingerprint density at radius 1 is 1.42 bits per heavy atom. The van der Waals surface area contributed by atoms with Crippen LogP contribution in [0.4, 0.5) is 0 Å². The van der Waals surface area contributed by atoms with Crippen LogP contribution in [0.25, 0.3) is 0 Å². The lowest BCUT2D eigenvalue weighted by atomic mass is 9.90. The fourth-order valence-electron chi connectivity index (χ4n) is 3.13. The maximum absolute atomic E-state index is 12.4. The molecule has 2 aromatic heterocycles. The number of aryl methyl sites for hydroxylation is 3. The van der Waals surface area contributed by atoms with E-state index in [0.29, 0.717) is 23.6 Å². The lowest BCUT2D eigenvalue weighted by Gasteiger charge is -2.31. The van der Waals surface area contributed by atoms with Gasteiger partial charge in [-0.1, -0.05) is 0 Å². The van der Waals surface area contributed by atoms with Gasteiger partial charge in [-0.05, 0) is 26.7 Å². The number of hydrogen-bond acceptors (Lipinski definition) is 5. The quantitative estimate of drug-likeness (QED) is 0.924. The highest BCUT2D eigenvalue weighted by molar-refractivity contribution is 5.94. The van der Waals surface area contributed by atoms with E-state index in [1.807, 2.05) is 33.3 Å². The Kier molecular flexibility index (Phi) is 4.89. The van der Waals surface area contributed by atoms with Crippen molar-refractivity contribution in [3.63, 3.8) is 0 Å². The van der Waals surface area contributed by atoms with Crippen LogP contribution in [0.2, 0.25) is 0 Å². The number of aromatic nitrogens is 4. The predicted molar refractivity (Wildman–Crippen MR) is 88.5 cm³/mol. The summed E-state index contributed by atoms with van der Waals surface area (Å²) < 4.78 is 7.71. The highest BCUT2D eigenvalue weighted by atomic mass is 16.5. The summed E-state index contributed by atoms with van der Waals surface area (Å²) in [5.74, 6) is 0.767. The number of carbonyl (C=O) groups excluding carboxylic acids is 1. The molecule has 1 N–H and O–H groups in total. The number of ether oxygens (including phenoxy) is 1. The highest BCUT2D eigenvalue weighted by Crippen LogP contribution is 2.32. The summed E-state index contributed by atoms with van der Waals surface area (Å²) in [6.07, 6.45) is 7.39. The number of hydrogen-bond donors (Lipinski definition) is 1. The van der Waals surface area contributed by atoms with Crippen LogP contribution in [0, 0.1) is 19.8 Å². The summed E-state index contributed by atoms with van der Waals surface area (Å²) >= 11 is 0. The van der Waals surface area contributed by atoms with Gasteiger partial charge in [-0.15, -0.1) is 0 Å². The Hall–Kier alpha value is -2.28. The van der Waals surface area contributed by atoms with E-state index < -0.39 is 0 Å². The summed E-state index contributed by atoms with van der Waals surface area (Å²) in [7, 11) is 1.89. The smallest absolute Gasteiger partial charge is 0.254 e. The van der Waals surface area contributed by atoms with Gasteiger partial charge >= 0.3 is 0 Å². The first-order valence-electron chi connectivity index (χ1n) is 8.23. The third kappa shape index (κ3) is 3.62. The first kappa shape index (κ1) is 16.6. The fourth-order valence-corrected chi connectivity index (χ4v) is 3.13. The predicted octanol–water partition coefficient (Wildman–Crippen LogP) is 1.72. The first-order valence-corrected chi connectivity index (χ1v) is 8.23. The molecule has 0 bridgehead atoms. The second-order valence-corrected chi connectivity index (χ2v) is 6.27. The Balaban J connectivity index is 1.66. The molecule has 7 heteroatoms. The van der Waals surface area contributed by atoms with Gasteiger partial charge in [0.1, 0.15) is 5.82 Å². The van der Waals surface area contributed by atoms with Crippen molar-refractivity contribution in [1.29, 1.82) is 0 Å². The molecule has 1 saturated heterocycles. The highest BCUT2D eigenvalue weighted by Gasteiger charge is 2.29. The fraction of sp³-hybridized carbons (Fsp3) is 0.529. The van der Waals surface area contributed by atoms with Crippen LogP contribution in [0.3, 0.4) is 0 Å². The molecule has 128 valence electrons. The van der Waals surface area contributed by atoms with Crippen molar-refractivity contribution in [2.45, 2.75) is 32.8 Å². The second kappa shape index (κ2) is 7.09. The summed E-state index contributed by atoms with van der Waals surface area (Å²) in [5, 5.41) is 7.23. The van der Waals surface area contributed by atoms with Crippen molar-refractivity contribution in [2.75, 3.05) is 13.2 Å². The van der Waals surface area contributed by atoms with E-state index in [1.165, 1.54) is 0 Å². The third-order valence-corrected chi connectivity index (χ3v) is 4.37. The van der Waals surface area contributed by atoms with E-state index >= 15 is 0 Å². The summed E-state index contributed by atoms with van der Waals surface area (Å²) in [6.45, 7) is 4.94. The van der Waals surface area contributed by atoms with Crippen molar-refractivity contribution in [2.24, 2.45) is 13.0 Å². The first-order chi connectivity index (χ1) is 11.5. The Bertz CT molecular complexity index is 728. The van der Waals surface area contributed by atoms with Gasteiger partial charge in [0, 0.05) is 44.1 Å². The normalized spacial score (nSPS) is 20.8. The van der Waals surface area contributed by atoms with Crippen LogP contribution in [-0.2, 0) is 11.8 Å². The van der Waals surface area contributed by atoms with E-state index in [2.05, 4.69) is 20.4 Å². The third-order valence-electron chi connectivity index (χ3n) is 4.37. The second-order valence-electron chi connectivity index (χ2n) is 6.27. The van der Waals surface area contributed by atoms with Gasteiger partial charge in [-0.2, -0.15) is 5.10 Å². The van der Waals surface area contributed by atoms with E-state index in [4.69, 9.17) is 4.74 Å². The molecule has 0 saturated carbocycles. The van der Waals surface area contributed by atoms with Gasteiger partial charge in [-0.25, -0.2) is 9.97 Å². The number of nitrogens with one attached hydrogen (secondary N) is 1. The van der Waals surface area contributed by atoms with Crippen LogP contribution < -0.4 is 5.32 Å². The molecule has 24 heavy (non-hydrogen) atoms. The molecule has 1 fully saturated rings. The average Bonchev–Trinajstić information content (AvgIpc) is 2.99. The van der Waals surface area contributed by atoms with E-state index in [9.17, 15) is 4.79 Å². The molecule has 1 aliphatic heterocycles. The van der Waals surface area contributed by atoms with Gasteiger partial charge in [0.15, 0.2) is 0 Å². The van der Waals surface area contributed by atoms with Crippen molar-refractivity contribution in [3.8, 4) is 0 Å². The molecule has 1 amide bonds. The zero-order valence-corrected chi connectivity index (χ0v) is 14.3. The molecular formula is C17H23N5O2. The van der Waals surface area contributed by atoms with Crippen LogP contribution in [0.15, 0.2) is 18.6 Å². The zero-order valence-electron chi connectivity index (χ0n) is 14.3. The molecule has 0 radical (unpaired) electrons. The lowest BCUT2D eigenvalue weighted by Crippen LogP contribution is -2.35. The Morgan fingerprint density at radius 2 is 2.25 bits per heavy atom. The monoisotopic (exact) mass is 329 g/mol. The Morgan fingerprint density at radius 3 is 2.96 bits per heavy atom. The molecule has 0 aliphatic carbocycles. The topological polar surface area (TPSA) is 81.9 Å². The molecule has 3 heterocycles. The molecule has 0 spiro atoms. The number of nitrogens with zero attached hydrogens (tertiary/aromatic N) is 4. The standard InChI is InChI=1S/C17H23N5O2/c1-11-15(9-18-12(2)21-11)17(23)19-7-13-5-4-6-24-16(13)14-8-20-22(3)10-14/h8-10,13,16H,4-7H2,1-3H3,(H,19,23)/t13-,16+/m0/s1. The molecule has 2 atom stereocenters. The maximum atomic E-state index is 12.4. The summed E-state index contributed by atoms with van der Waals surface area (Å²) in [4.78, 5) is 20.8. The number of rotatable bonds is 4. The average molecular weight is 329 g/mol. The molecule has 7 nitrogen and oxygen atoms in total. The lowest BCUT2D eigenvalue weighted by molar-refractivity contribution is -0.0273. The number of carbonyl (C=O) groups is 1. The number of amides is 1. The Labute approximate surface area is 141 Å². The minimum absolute atomic E-state index is 0.0249. The molecule has 0 unspecified atom stereocenters. The van der Waals surface area contributed by atoms with E-state index in [1.54, 1.807) is 10.9 Å². The molecular weight excluding hydrogens is 306 g/mol. The largest absolute Gasteiger partial charge is 0.373 e. The molecule has 1 aliphatic rings. The van der Waals surface area contributed by atoms with Crippen molar-refractivity contribution in [1.82, 2.24) is 25.1 Å².